The third kappa shape index (κ3) is 3.22. The standard InChI is InChI=1S/C21H23N3O/c1-16(25)21-22-19-11-5-6-12-20(19)24(21)18-10-7-13-23(15-18)14-17-8-3-2-4-9-17/h2-6,8-9,11-12,18H,7,10,13-15H2,1H3. The predicted octanol–water partition coefficient (Wildman–Crippen LogP) is 4.08. The van der Waals surface area contributed by atoms with Gasteiger partial charge >= 0.3 is 0 Å². The van der Waals surface area contributed by atoms with Crippen LogP contribution >= 0.6 is 0 Å². The van der Waals surface area contributed by atoms with Gasteiger partial charge in [-0.1, -0.05) is 42.5 Å². The molecule has 0 N–H and O–H groups in total. The number of piperidine rings is 1. The summed E-state index contributed by atoms with van der Waals surface area (Å²) in [5.74, 6) is 0.629. The van der Waals surface area contributed by atoms with Gasteiger partial charge in [-0.25, -0.2) is 4.98 Å². The minimum Gasteiger partial charge on any atom is -0.317 e. The maximum atomic E-state index is 12.2. The molecule has 0 spiro atoms. The van der Waals surface area contributed by atoms with Gasteiger partial charge in [0, 0.05) is 26.1 Å². The van der Waals surface area contributed by atoms with Gasteiger partial charge in [-0.15, -0.1) is 0 Å². The maximum absolute atomic E-state index is 12.2. The number of hydrogen-bond acceptors (Lipinski definition) is 3. The van der Waals surface area contributed by atoms with Crippen LogP contribution < -0.4 is 0 Å². The first-order valence-corrected chi connectivity index (χ1v) is 8.96. The minimum atomic E-state index is 0.0383. The van der Waals surface area contributed by atoms with E-state index in [1.807, 2.05) is 18.2 Å². The van der Waals surface area contributed by atoms with Gasteiger partial charge in [0.25, 0.3) is 0 Å². The lowest BCUT2D eigenvalue weighted by atomic mass is 10.0. The average Bonchev–Trinajstić information content (AvgIpc) is 3.03. The van der Waals surface area contributed by atoms with Gasteiger partial charge in [-0.2, -0.15) is 0 Å². The summed E-state index contributed by atoms with van der Waals surface area (Å²) in [7, 11) is 0. The molecule has 2 heterocycles. The molecule has 1 saturated heterocycles. The molecule has 4 heteroatoms. The molecule has 0 saturated carbocycles. The zero-order chi connectivity index (χ0) is 17.2. The number of likely N-dealkylation sites (tertiary alicyclic amines) is 1. The Morgan fingerprint density at radius 2 is 1.88 bits per heavy atom. The maximum Gasteiger partial charge on any atom is 0.195 e. The first-order valence-electron chi connectivity index (χ1n) is 8.96. The molecule has 0 radical (unpaired) electrons. The molecule has 1 unspecified atom stereocenters. The van der Waals surface area contributed by atoms with Crippen molar-refractivity contribution >= 4 is 16.8 Å². The number of imidazole rings is 1. The number of para-hydroxylation sites is 2. The Balaban J connectivity index is 1.64. The van der Waals surface area contributed by atoms with Crippen LogP contribution in [0.15, 0.2) is 54.6 Å². The van der Waals surface area contributed by atoms with Crippen molar-refractivity contribution in [3.63, 3.8) is 0 Å². The fourth-order valence-electron chi connectivity index (χ4n) is 3.89. The van der Waals surface area contributed by atoms with E-state index in [0.29, 0.717) is 11.9 Å². The van der Waals surface area contributed by atoms with E-state index in [1.54, 1.807) is 6.92 Å². The summed E-state index contributed by atoms with van der Waals surface area (Å²) < 4.78 is 2.18. The smallest absolute Gasteiger partial charge is 0.195 e. The number of benzene rings is 2. The highest BCUT2D eigenvalue weighted by Crippen LogP contribution is 2.29. The van der Waals surface area contributed by atoms with Crippen molar-refractivity contribution < 1.29 is 4.79 Å². The second-order valence-electron chi connectivity index (χ2n) is 6.87. The number of carbonyl (C=O) groups is 1. The molecule has 0 aliphatic carbocycles. The van der Waals surface area contributed by atoms with Crippen LogP contribution in [0.4, 0.5) is 0 Å². The van der Waals surface area contributed by atoms with E-state index in [2.05, 4.69) is 50.8 Å². The molecule has 1 aliphatic heterocycles. The van der Waals surface area contributed by atoms with Crippen molar-refractivity contribution in [2.24, 2.45) is 0 Å². The lowest BCUT2D eigenvalue weighted by Crippen LogP contribution is -2.36. The predicted molar refractivity (Wildman–Crippen MR) is 99.7 cm³/mol. The molecule has 0 bridgehead atoms. The number of ketones is 1. The molecule has 4 rings (SSSR count). The van der Waals surface area contributed by atoms with Gasteiger partial charge in [-0.3, -0.25) is 9.69 Å². The lowest BCUT2D eigenvalue weighted by Gasteiger charge is -2.34. The van der Waals surface area contributed by atoms with Crippen LogP contribution in [0, 0.1) is 0 Å². The number of hydrogen-bond donors (Lipinski definition) is 0. The van der Waals surface area contributed by atoms with E-state index in [1.165, 1.54) is 5.56 Å². The molecule has 1 atom stereocenters. The van der Waals surface area contributed by atoms with Crippen LogP contribution in [0.25, 0.3) is 11.0 Å². The van der Waals surface area contributed by atoms with Gasteiger partial charge in [0.15, 0.2) is 11.6 Å². The number of rotatable bonds is 4. The number of fused-ring (bicyclic) bond motifs is 1. The number of carbonyl (C=O) groups excluding carboxylic acids is 1. The van der Waals surface area contributed by atoms with Crippen molar-refractivity contribution in [2.75, 3.05) is 13.1 Å². The lowest BCUT2D eigenvalue weighted by molar-refractivity contribution is 0.0990. The second kappa shape index (κ2) is 6.81. The Hall–Kier alpha value is -2.46. The van der Waals surface area contributed by atoms with Crippen molar-refractivity contribution in [3.8, 4) is 0 Å². The molecular formula is C21H23N3O. The van der Waals surface area contributed by atoms with E-state index in [0.717, 1.165) is 43.5 Å². The largest absolute Gasteiger partial charge is 0.317 e. The molecular weight excluding hydrogens is 310 g/mol. The van der Waals surface area contributed by atoms with Crippen LogP contribution in [0.2, 0.25) is 0 Å². The third-order valence-electron chi connectivity index (χ3n) is 5.01. The van der Waals surface area contributed by atoms with Crippen molar-refractivity contribution in [1.82, 2.24) is 14.5 Å². The van der Waals surface area contributed by atoms with E-state index < -0.39 is 0 Å². The topological polar surface area (TPSA) is 38.1 Å². The molecule has 0 amide bonds. The SMILES string of the molecule is CC(=O)c1nc2ccccc2n1C1CCCN(Cc2ccccc2)C1. The number of Topliss-reactive ketones (excluding diaryl/α,β-unsaturated/α-hetero) is 1. The Morgan fingerprint density at radius 1 is 1.12 bits per heavy atom. The van der Waals surface area contributed by atoms with Gasteiger partial charge in [-0.05, 0) is 37.1 Å². The summed E-state index contributed by atoms with van der Waals surface area (Å²) in [6, 6.07) is 19.0. The van der Waals surface area contributed by atoms with E-state index in [-0.39, 0.29) is 5.78 Å². The molecule has 25 heavy (non-hydrogen) atoms. The van der Waals surface area contributed by atoms with Gasteiger partial charge < -0.3 is 4.57 Å². The normalized spacial score (nSPS) is 18.5. The fourth-order valence-corrected chi connectivity index (χ4v) is 3.89. The fraction of sp³-hybridized carbons (Fsp3) is 0.333. The van der Waals surface area contributed by atoms with Crippen molar-refractivity contribution in [2.45, 2.75) is 32.4 Å². The highest BCUT2D eigenvalue weighted by atomic mass is 16.1. The van der Waals surface area contributed by atoms with Crippen LogP contribution in [0.1, 0.15) is 42.0 Å². The zero-order valence-corrected chi connectivity index (χ0v) is 14.6. The Bertz CT molecular complexity index is 885. The van der Waals surface area contributed by atoms with Gasteiger partial charge in [0.05, 0.1) is 11.0 Å². The summed E-state index contributed by atoms with van der Waals surface area (Å²) in [6.45, 7) is 4.63. The highest BCUT2D eigenvalue weighted by Gasteiger charge is 2.26. The molecule has 128 valence electrons. The zero-order valence-electron chi connectivity index (χ0n) is 14.6. The number of aromatic nitrogens is 2. The van der Waals surface area contributed by atoms with Crippen molar-refractivity contribution in [3.05, 3.63) is 66.0 Å². The van der Waals surface area contributed by atoms with Crippen molar-refractivity contribution in [1.29, 1.82) is 0 Å². The van der Waals surface area contributed by atoms with Crippen LogP contribution in [-0.2, 0) is 6.54 Å². The first kappa shape index (κ1) is 16.0. The summed E-state index contributed by atoms with van der Waals surface area (Å²) in [6.07, 6.45) is 2.23. The first-order chi connectivity index (χ1) is 12.2. The Morgan fingerprint density at radius 3 is 2.68 bits per heavy atom. The van der Waals surface area contributed by atoms with E-state index in [9.17, 15) is 4.79 Å². The van der Waals surface area contributed by atoms with Gasteiger partial charge in [0.1, 0.15) is 0 Å². The summed E-state index contributed by atoms with van der Waals surface area (Å²) in [4.78, 5) is 19.2. The average molecular weight is 333 g/mol. The van der Waals surface area contributed by atoms with E-state index >= 15 is 0 Å². The number of nitrogens with zero attached hydrogens (tertiary/aromatic N) is 3. The summed E-state index contributed by atoms with van der Waals surface area (Å²) in [5.41, 5.74) is 3.32. The molecule has 1 fully saturated rings. The minimum absolute atomic E-state index is 0.0383. The third-order valence-corrected chi connectivity index (χ3v) is 5.01. The molecule has 1 aromatic heterocycles. The molecule has 4 nitrogen and oxygen atoms in total. The van der Waals surface area contributed by atoms with E-state index in [4.69, 9.17) is 0 Å². The quantitative estimate of drug-likeness (QED) is 0.675. The molecule has 1 aliphatic rings. The van der Waals surface area contributed by atoms with Gasteiger partial charge in [0.2, 0.25) is 0 Å². The Labute approximate surface area is 148 Å². The molecule has 2 aromatic carbocycles. The van der Waals surface area contributed by atoms with Crippen LogP contribution in [-0.4, -0.2) is 33.3 Å². The van der Waals surface area contributed by atoms with Crippen LogP contribution in [0.3, 0.4) is 0 Å². The second-order valence-corrected chi connectivity index (χ2v) is 6.87. The molecule has 3 aromatic rings. The Kier molecular flexibility index (Phi) is 4.36. The van der Waals surface area contributed by atoms with Crippen LogP contribution in [0.5, 0.6) is 0 Å². The summed E-state index contributed by atoms with van der Waals surface area (Å²) in [5, 5.41) is 0. The highest BCUT2D eigenvalue weighted by molar-refractivity contribution is 5.94. The monoisotopic (exact) mass is 333 g/mol. The summed E-state index contributed by atoms with van der Waals surface area (Å²) >= 11 is 0.